The molecular weight excluding hydrogens is 294 g/mol. The van der Waals surface area contributed by atoms with Crippen molar-refractivity contribution in [3.8, 4) is 0 Å². The average Bonchev–Trinajstić information content (AvgIpc) is 2.98. The van der Waals surface area contributed by atoms with Gasteiger partial charge in [0.15, 0.2) is 5.82 Å². The van der Waals surface area contributed by atoms with E-state index in [1.165, 1.54) is 0 Å². The normalized spacial score (nSPS) is 15.9. The standard InChI is InChI=1S/C17H21N3O3/c1-22-12-17(8-5-9-17)16-19-14(20-23-16)10-15(21)18-11-13-6-3-2-4-7-13/h2-4,6-7H,5,8-12H2,1H3,(H,18,21). The third kappa shape index (κ3) is 3.59. The number of rotatable bonds is 7. The van der Waals surface area contributed by atoms with Crippen LogP contribution in [-0.2, 0) is 27.9 Å². The maximum absolute atomic E-state index is 12.0. The minimum absolute atomic E-state index is 0.115. The van der Waals surface area contributed by atoms with E-state index in [2.05, 4.69) is 15.5 Å². The van der Waals surface area contributed by atoms with Crippen molar-refractivity contribution >= 4 is 5.91 Å². The lowest BCUT2D eigenvalue weighted by Crippen LogP contribution is -2.39. The summed E-state index contributed by atoms with van der Waals surface area (Å²) in [7, 11) is 1.67. The van der Waals surface area contributed by atoms with E-state index >= 15 is 0 Å². The highest BCUT2D eigenvalue weighted by Crippen LogP contribution is 2.43. The maximum Gasteiger partial charge on any atom is 0.235 e. The molecule has 1 heterocycles. The summed E-state index contributed by atoms with van der Waals surface area (Å²) in [4.78, 5) is 16.4. The van der Waals surface area contributed by atoms with Gasteiger partial charge in [-0.25, -0.2) is 0 Å². The molecule has 1 fully saturated rings. The molecule has 23 heavy (non-hydrogen) atoms. The van der Waals surface area contributed by atoms with Gasteiger partial charge in [-0.3, -0.25) is 4.79 Å². The van der Waals surface area contributed by atoms with E-state index in [0.29, 0.717) is 24.9 Å². The third-order valence-corrected chi connectivity index (χ3v) is 4.30. The van der Waals surface area contributed by atoms with Crippen molar-refractivity contribution in [1.82, 2.24) is 15.5 Å². The molecule has 0 radical (unpaired) electrons. The van der Waals surface area contributed by atoms with Crippen molar-refractivity contribution < 1.29 is 14.1 Å². The van der Waals surface area contributed by atoms with Crippen LogP contribution in [0.4, 0.5) is 0 Å². The molecule has 0 atom stereocenters. The molecule has 1 amide bonds. The van der Waals surface area contributed by atoms with Gasteiger partial charge in [0.25, 0.3) is 0 Å². The summed E-state index contributed by atoms with van der Waals surface area (Å²) >= 11 is 0. The SMILES string of the molecule is COCC1(c2nc(CC(=O)NCc3ccccc3)no2)CCC1. The number of ether oxygens (including phenoxy) is 1. The quantitative estimate of drug-likeness (QED) is 0.845. The zero-order valence-electron chi connectivity index (χ0n) is 13.2. The van der Waals surface area contributed by atoms with Gasteiger partial charge < -0.3 is 14.6 Å². The minimum atomic E-state index is -0.152. The monoisotopic (exact) mass is 315 g/mol. The second-order valence-electron chi connectivity index (χ2n) is 6.02. The molecule has 1 N–H and O–H groups in total. The highest BCUT2D eigenvalue weighted by Gasteiger charge is 2.44. The molecule has 3 rings (SSSR count). The maximum atomic E-state index is 12.0. The largest absolute Gasteiger partial charge is 0.384 e. The van der Waals surface area contributed by atoms with Crippen LogP contribution in [0, 0.1) is 0 Å². The molecule has 1 aromatic carbocycles. The zero-order chi connectivity index (χ0) is 16.1. The van der Waals surface area contributed by atoms with E-state index in [-0.39, 0.29) is 17.7 Å². The van der Waals surface area contributed by atoms with Crippen LogP contribution in [0.2, 0.25) is 0 Å². The Labute approximate surface area is 135 Å². The molecular formula is C17H21N3O3. The van der Waals surface area contributed by atoms with Crippen molar-refractivity contribution in [3.05, 3.63) is 47.6 Å². The number of hydrogen-bond acceptors (Lipinski definition) is 5. The van der Waals surface area contributed by atoms with E-state index in [1.807, 2.05) is 30.3 Å². The molecule has 1 aromatic heterocycles. The molecule has 1 saturated carbocycles. The molecule has 0 saturated heterocycles. The summed E-state index contributed by atoms with van der Waals surface area (Å²) in [6.45, 7) is 1.08. The lowest BCUT2D eigenvalue weighted by molar-refractivity contribution is -0.120. The Kier molecular flexibility index (Phi) is 4.71. The number of amides is 1. The third-order valence-electron chi connectivity index (χ3n) is 4.30. The van der Waals surface area contributed by atoms with Crippen LogP contribution >= 0.6 is 0 Å². The predicted molar refractivity (Wildman–Crippen MR) is 83.7 cm³/mol. The molecule has 1 aliphatic carbocycles. The molecule has 0 bridgehead atoms. The van der Waals surface area contributed by atoms with Crippen molar-refractivity contribution in [3.63, 3.8) is 0 Å². The molecule has 0 spiro atoms. The van der Waals surface area contributed by atoms with E-state index < -0.39 is 0 Å². The van der Waals surface area contributed by atoms with Crippen molar-refractivity contribution in [1.29, 1.82) is 0 Å². The first-order valence-corrected chi connectivity index (χ1v) is 7.84. The van der Waals surface area contributed by atoms with Crippen molar-refractivity contribution in [2.45, 2.75) is 37.6 Å². The van der Waals surface area contributed by atoms with Crippen molar-refractivity contribution in [2.75, 3.05) is 13.7 Å². The van der Waals surface area contributed by atoms with Crippen LogP contribution in [0.1, 0.15) is 36.5 Å². The van der Waals surface area contributed by atoms with Gasteiger partial charge in [0.1, 0.15) is 0 Å². The van der Waals surface area contributed by atoms with Gasteiger partial charge in [0.2, 0.25) is 11.8 Å². The second-order valence-corrected chi connectivity index (χ2v) is 6.02. The molecule has 1 aliphatic rings. The van der Waals surface area contributed by atoms with Crippen LogP contribution in [0.3, 0.4) is 0 Å². The van der Waals surface area contributed by atoms with Gasteiger partial charge in [-0.1, -0.05) is 41.9 Å². The fraction of sp³-hybridized carbons (Fsp3) is 0.471. The Hall–Kier alpha value is -2.21. The number of carbonyl (C=O) groups excluding carboxylic acids is 1. The number of benzene rings is 1. The van der Waals surface area contributed by atoms with Crippen LogP contribution in [0.15, 0.2) is 34.9 Å². The fourth-order valence-corrected chi connectivity index (χ4v) is 2.84. The highest BCUT2D eigenvalue weighted by atomic mass is 16.5. The van der Waals surface area contributed by atoms with E-state index in [9.17, 15) is 4.79 Å². The van der Waals surface area contributed by atoms with Crippen LogP contribution in [0.25, 0.3) is 0 Å². The molecule has 0 aliphatic heterocycles. The summed E-state index contributed by atoms with van der Waals surface area (Å²) in [6.07, 6.45) is 3.24. The molecule has 2 aromatic rings. The van der Waals surface area contributed by atoms with Gasteiger partial charge in [0, 0.05) is 13.7 Å². The van der Waals surface area contributed by atoms with Crippen LogP contribution in [-0.4, -0.2) is 29.8 Å². The topological polar surface area (TPSA) is 77.2 Å². The molecule has 6 heteroatoms. The summed E-state index contributed by atoms with van der Waals surface area (Å²) < 4.78 is 10.6. The van der Waals surface area contributed by atoms with Gasteiger partial charge >= 0.3 is 0 Å². The molecule has 122 valence electrons. The Morgan fingerprint density at radius 2 is 2.13 bits per heavy atom. The molecule has 0 unspecified atom stereocenters. The Morgan fingerprint density at radius 1 is 1.35 bits per heavy atom. The number of hydrogen-bond donors (Lipinski definition) is 1. The smallest absolute Gasteiger partial charge is 0.235 e. The zero-order valence-corrected chi connectivity index (χ0v) is 13.2. The lowest BCUT2D eigenvalue weighted by atomic mass is 9.69. The highest BCUT2D eigenvalue weighted by molar-refractivity contribution is 5.77. The number of carbonyl (C=O) groups is 1. The average molecular weight is 315 g/mol. The van der Waals surface area contributed by atoms with Gasteiger partial charge in [0.05, 0.1) is 18.4 Å². The predicted octanol–water partition coefficient (Wildman–Crippen LogP) is 2.00. The summed E-state index contributed by atoms with van der Waals surface area (Å²) in [5, 5.41) is 6.80. The van der Waals surface area contributed by atoms with Crippen molar-refractivity contribution in [2.24, 2.45) is 0 Å². The van der Waals surface area contributed by atoms with Crippen LogP contribution < -0.4 is 5.32 Å². The van der Waals surface area contributed by atoms with E-state index in [0.717, 1.165) is 24.8 Å². The second kappa shape index (κ2) is 6.91. The van der Waals surface area contributed by atoms with Gasteiger partial charge in [-0.05, 0) is 18.4 Å². The fourth-order valence-electron chi connectivity index (χ4n) is 2.84. The number of nitrogens with one attached hydrogen (secondary N) is 1. The van der Waals surface area contributed by atoms with Gasteiger partial charge in [-0.15, -0.1) is 0 Å². The Bertz CT molecular complexity index is 650. The minimum Gasteiger partial charge on any atom is -0.384 e. The van der Waals surface area contributed by atoms with Gasteiger partial charge in [-0.2, -0.15) is 4.98 Å². The lowest BCUT2D eigenvalue weighted by Gasteiger charge is -2.37. The number of aromatic nitrogens is 2. The summed E-state index contributed by atoms with van der Waals surface area (Å²) in [6, 6.07) is 9.78. The number of nitrogens with zero attached hydrogens (tertiary/aromatic N) is 2. The molecule has 6 nitrogen and oxygen atoms in total. The van der Waals surface area contributed by atoms with E-state index in [1.54, 1.807) is 7.11 Å². The first kappa shape index (κ1) is 15.7. The van der Waals surface area contributed by atoms with E-state index in [4.69, 9.17) is 9.26 Å². The van der Waals surface area contributed by atoms with Crippen LogP contribution in [0.5, 0.6) is 0 Å². The Morgan fingerprint density at radius 3 is 2.78 bits per heavy atom. The summed E-state index contributed by atoms with van der Waals surface area (Å²) in [5.41, 5.74) is 0.906. The first-order chi connectivity index (χ1) is 11.2. The Balaban J connectivity index is 1.55. The first-order valence-electron chi connectivity index (χ1n) is 7.84. The number of methoxy groups -OCH3 is 1. The summed E-state index contributed by atoms with van der Waals surface area (Å²) in [5.74, 6) is 0.903.